The van der Waals surface area contributed by atoms with Crippen molar-refractivity contribution < 1.29 is 9.53 Å². The normalized spacial score (nSPS) is 9.95. The first-order valence-electron chi connectivity index (χ1n) is 6.38. The fourth-order valence-corrected chi connectivity index (χ4v) is 1.71. The number of rotatable bonds is 5. The Labute approximate surface area is 121 Å². The summed E-state index contributed by atoms with van der Waals surface area (Å²) in [4.78, 5) is 27.0. The smallest absolute Gasteiger partial charge is 0.319 e. The van der Waals surface area contributed by atoms with E-state index in [2.05, 4.69) is 15.6 Å². The summed E-state index contributed by atoms with van der Waals surface area (Å²) in [6.07, 6.45) is 2.87. The topological polar surface area (TPSA) is 85.2 Å². The van der Waals surface area contributed by atoms with Crippen molar-refractivity contribution in [2.24, 2.45) is 0 Å². The number of benzene rings is 1. The number of nitrogens with one attached hydrogen (secondary N) is 2. The molecule has 0 atom stereocenters. The third kappa shape index (κ3) is 4.34. The third-order valence-electron chi connectivity index (χ3n) is 2.76. The third-order valence-corrected chi connectivity index (χ3v) is 2.76. The van der Waals surface area contributed by atoms with Crippen molar-refractivity contribution in [1.82, 2.24) is 14.9 Å². The molecule has 0 aliphatic heterocycles. The average Bonchev–Trinajstić information content (AvgIpc) is 2.49. The standard InChI is InChI=1S/C14H16N4O3/c1-21-12-4-2-3-11(9-12)17-14(20)16-7-8-18-10-15-6-5-13(18)19/h2-6,9-10H,7-8H2,1H3,(H2,16,17,20). The summed E-state index contributed by atoms with van der Waals surface area (Å²) in [5.74, 6) is 0.662. The van der Waals surface area contributed by atoms with Crippen LogP contribution in [0.15, 0.2) is 47.7 Å². The van der Waals surface area contributed by atoms with Crippen molar-refractivity contribution in [1.29, 1.82) is 0 Å². The molecule has 0 saturated heterocycles. The molecule has 0 radical (unpaired) electrons. The van der Waals surface area contributed by atoms with Crippen LogP contribution < -0.4 is 20.9 Å². The highest BCUT2D eigenvalue weighted by atomic mass is 16.5. The molecular weight excluding hydrogens is 272 g/mol. The lowest BCUT2D eigenvalue weighted by molar-refractivity contribution is 0.251. The van der Waals surface area contributed by atoms with E-state index in [1.54, 1.807) is 31.4 Å². The molecule has 0 bridgehead atoms. The first-order chi connectivity index (χ1) is 10.2. The predicted molar refractivity (Wildman–Crippen MR) is 78.5 cm³/mol. The van der Waals surface area contributed by atoms with Crippen LogP contribution >= 0.6 is 0 Å². The molecule has 1 aromatic carbocycles. The van der Waals surface area contributed by atoms with Gasteiger partial charge in [0.2, 0.25) is 0 Å². The van der Waals surface area contributed by atoms with Crippen molar-refractivity contribution in [3.8, 4) is 5.75 Å². The second-order valence-corrected chi connectivity index (χ2v) is 4.22. The van der Waals surface area contributed by atoms with Gasteiger partial charge in [0.25, 0.3) is 5.56 Å². The molecule has 0 aliphatic rings. The minimum atomic E-state index is -0.347. The van der Waals surface area contributed by atoms with Crippen LogP contribution in [-0.2, 0) is 6.54 Å². The molecule has 0 saturated carbocycles. The second kappa shape index (κ2) is 7.09. The van der Waals surface area contributed by atoms with E-state index in [1.807, 2.05) is 0 Å². The number of carbonyl (C=O) groups excluding carboxylic acids is 1. The summed E-state index contributed by atoms with van der Waals surface area (Å²) in [6, 6.07) is 8.07. The van der Waals surface area contributed by atoms with E-state index in [4.69, 9.17) is 4.74 Å². The zero-order chi connectivity index (χ0) is 15.1. The van der Waals surface area contributed by atoms with E-state index in [0.29, 0.717) is 24.5 Å². The number of methoxy groups -OCH3 is 1. The molecule has 2 aromatic rings. The molecule has 21 heavy (non-hydrogen) atoms. The summed E-state index contributed by atoms with van der Waals surface area (Å²) in [5.41, 5.74) is 0.477. The monoisotopic (exact) mass is 288 g/mol. The Morgan fingerprint density at radius 2 is 2.24 bits per heavy atom. The van der Waals surface area contributed by atoms with Gasteiger partial charge in [-0.25, -0.2) is 9.78 Å². The summed E-state index contributed by atoms with van der Waals surface area (Å²) in [5, 5.41) is 5.35. The maximum Gasteiger partial charge on any atom is 0.319 e. The molecule has 2 rings (SSSR count). The molecule has 0 unspecified atom stereocenters. The number of carbonyl (C=O) groups is 1. The zero-order valence-corrected chi connectivity index (χ0v) is 11.6. The summed E-state index contributed by atoms with van der Waals surface area (Å²) < 4.78 is 6.49. The molecule has 1 aromatic heterocycles. The van der Waals surface area contributed by atoms with Crippen LogP contribution in [0.3, 0.4) is 0 Å². The number of hydrogen-bond donors (Lipinski definition) is 2. The molecular formula is C14H16N4O3. The Hall–Kier alpha value is -2.83. The maximum absolute atomic E-state index is 11.7. The molecule has 110 valence electrons. The first kappa shape index (κ1) is 14.6. The quantitative estimate of drug-likeness (QED) is 0.862. The van der Waals surface area contributed by atoms with Crippen molar-refractivity contribution in [3.05, 3.63) is 53.2 Å². The van der Waals surface area contributed by atoms with Gasteiger partial charge in [-0.3, -0.25) is 9.36 Å². The van der Waals surface area contributed by atoms with Gasteiger partial charge in [0.15, 0.2) is 0 Å². The van der Waals surface area contributed by atoms with Crippen molar-refractivity contribution in [2.45, 2.75) is 6.54 Å². The molecule has 2 N–H and O–H groups in total. The number of nitrogens with zero attached hydrogens (tertiary/aromatic N) is 2. The van der Waals surface area contributed by atoms with Gasteiger partial charge >= 0.3 is 6.03 Å². The van der Waals surface area contributed by atoms with Gasteiger partial charge in [-0.15, -0.1) is 0 Å². The number of hydrogen-bond acceptors (Lipinski definition) is 4. The Balaban J connectivity index is 1.82. The van der Waals surface area contributed by atoms with Gasteiger partial charge in [0.1, 0.15) is 5.75 Å². The molecule has 0 fully saturated rings. The summed E-state index contributed by atoms with van der Waals surface area (Å²) in [6.45, 7) is 0.680. The van der Waals surface area contributed by atoms with Crippen molar-refractivity contribution in [3.63, 3.8) is 0 Å². The minimum Gasteiger partial charge on any atom is -0.497 e. The van der Waals surface area contributed by atoms with E-state index in [-0.39, 0.29) is 11.6 Å². The lowest BCUT2D eigenvalue weighted by atomic mass is 10.3. The lowest BCUT2D eigenvalue weighted by Crippen LogP contribution is -2.33. The molecule has 7 heteroatoms. The predicted octanol–water partition coefficient (Wildman–Crippen LogP) is 1.07. The second-order valence-electron chi connectivity index (χ2n) is 4.22. The van der Waals surface area contributed by atoms with Gasteiger partial charge in [-0.1, -0.05) is 6.07 Å². The number of urea groups is 1. The molecule has 0 spiro atoms. The van der Waals surface area contributed by atoms with Crippen LogP contribution in [0.1, 0.15) is 0 Å². The van der Waals surface area contributed by atoms with Crippen LogP contribution in [0.2, 0.25) is 0 Å². The van der Waals surface area contributed by atoms with Gasteiger partial charge in [0, 0.05) is 37.1 Å². The highest BCUT2D eigenvalue weighted by molar-refractivity contribution is 5.89. The van der Waals surface area contributed by atoms with E-state index in [1.165, 1.54) is 23.2 Å². The fraction of sp³-hybridized carbons (Fsp3) is 0.214. The molecule has 1 heterocycles. The van der Waals surface area contributed by atoms with Gasteiger partial charge in [0.05, 0.1) is 13.4 Å². The number of ether oxygens (including phenoxy) is 1. The highest BCUT2D eigenvalue weighted by Gasteiger charge is 2.02. The van der Waals surface area contributed by atoms with E-state index in [9.17, 15) is 9.59 Å². The van der Waals surface area contributed by atoms with Crippen molar-refractivity contribution >= 4 is 11.7 Å². The Morgan fingerprint density at radius 1 is 1.38 bits per heavy atom. The van der Waals surface area contributed by atoms with E-state index in [0.717, 1.165) is 0 Å². The van der Waals surface area contributed by atoms with E-state index >= 15 is 0 Å². The summed E-state index contributed by atoms with van der Waals surface area (Å²) in [7, 11) is 1.56. The minimum absolute atomic E-state index is 0.153. The highest BCUT2D eigenvalue weighted by Crippen LogP contribution is 2.16. The number of anilines is 1. The number of aromatic nitrogens is 2. The van der Waals surface area contributed by atoms with Crippen molar-refractivity contribution in [2.75, 3.05) is 19.0 Å². The first-order valence-corrected chi connectivity index (χ1v) is 6.38. The lowest BCUT2D eigenvalue weighted by Gasteiger charge is -2.09. The Kier molecular flexibility index (Phi) is 4.92. The molecule has 0 aliphatic carbocycles. The van der Waals surface area contributed by atoms with Crippen LogP contribution in [0.4, 0.5) is 10.5 Å². The molecule has 2 amide bonds. The van der Waals surface area contributed by atoms with Crippen LogP contribution in [-0.4, -0.2) is 29.2 Å². The fourth-order valence-electron chi connectivity index (χ4n) is 1.71. The van der Waals surface area contributed by atoms with Crippen LogP contribution in [0, 0.1) is 0 Å². The maximum atomic E-state index is 11.7. The van der Waals surface area contributed by atoms with Crippen LogP contribution in [0.5, 0.6) is 5.75 Å². The SMILES string of the molecule is COc1cccc(NC(=O)NCCn2cnccc2=O)c1. The Morgan fingerprint density at radius 3 is 3.00 bits per heavy atom. The largest absolute Gasteiger partial charge is 0.497 e. The van der Waals surface area contributed by atoms with Crippen LogP contribution in [0.25, 0.3) is 0 Å². The van der Waals surface area contributed by atoms with Gasteiger partial charge in [-0.05, 0) is 12.1 Å². The Bertz CT molecular complexity index is 669. The van der Waals surface area contributed by atoms with Gasteiger partial charge < -0.3 is 15.4 Å². The van der Waals surface area contributed by atoms with Gasteiger partial charge in [-0.2, -0.15) is 0 Å². The molecule has 7 nitrogen and oxygen atoms in total. The number of amides is 2. The zero-order valence-electron chi connectivity index (χ0n) is 11.6. The summed E-state index contributed by atoms with van der Waals surface area (Å²) >= 11 is 0. The van der Waals surface area contributed by atoms with E-state index < -0.39 is 0 Å². The average molecular weight is 288 g/mol.